The third-order valence-corrected chi connectivity index (χ3v) is 2.26. The van der Waals surface area contributed by atoms with Crippen LogP contribution in [0.5, 0.6) is 0 Å². The van der Waals surface area contributed by atoms with Crippen molar-refractivity contribution in [1.29, 1.82) is 0 Å². The molecule has 0 aromatic carbocycles. The lowest BCUT2D eigenvalue weighted by Crippen LogP contribution is -1.99. The van der Waals surface area contributed by atoms with Crippen molar-refractivity contribution >= 4 is 5.97 Å². The maximum atomic E-state index is 9.84. The van der Waals surface area contributed by atoms with Gasteiger partial charge in [-0.15, -0.1) is 0 Å². The van der Waals surface area contributed by atoms with E-state index < -0.39 is 5.97 Å². The minimum absolute atomic E-state index is 0.394. The summed E-state index contributed by atoms with van der Waals surface area (Å²) in [5, 5.41) is 0. The van der Waals surface area contributed by atoms with Crippen LogP contribution in [0.1, 0.15) is 39.0 Å². The Labute approximate surface area is 81.0 Å². The van der Waals surface area contributed by atoms with Crippen molar-refractivity contribution in [1.82, 2.24) is 0 Å². The molecule has 1 aliphatic rings. The Morgan fingerprint density at radius 3 is 2.08 bits per heavy atom. The second-order valence-corrected chi connectivity index (χ2v) is 3.47. The summed E-state index contributed by atoms with van der Waals surface area (Å²) in [6.07, 6.45) is 8.55. The summed E-state index contributed by atoms with van der Waals surface area (Å²) >= 11 is 0. The van der Waals surface area contributed by atoms with Crippen molar-refractivity contribution in [3.63, 3.8) is 0 Å². The van der Waals surface area contributed by atoms with Crippen molar-refractivity contribution in [3.8, 4) is 0 Å². The van der Waals surface area contributed by atoms with Crippen molar-refractivity contribution < 1.29 is 9.53 Å². The molecule has 13 heavy (non-hydrogen) atoms. The number of esters is 1. The lowest BCUT2D eigenvalue weighted by molar-refractivity contribution is -0.134. The smallest absolute Gasteiger partial charge is 0.329 e. The van der Waals surface area contributed by atoms with E-state index in [0.29, 0.717) is 0 Å². The fourth-order valence-electron chi connectivity index (χ4n) is 1.39. The Bertz CT molecular complexity index is 146. The number of hydrogen-bond acceptors (Lipinski definition) is 2. The molecule has 0 heterocycles. The lowest BCUT2D eigenvalue weighted by Gasteiger charge is -2.15. The summed E-state index contributed by atoms with van der Waals surface area (Å²) in [6.45, 7) is 5.52. The Hall–Kier alpha value is -0.790. The van der Waals surface area contributed by atoms with Crippen LogP contribution < -0.4 is 0 Å². The van der Waals surface area contributed by atoms with Gasteiger partial charge in [-0.25, -0.2) is 4.79 Å². The summed E-state index contributed by atoms with van der Waals surface area (Å²) in [5.41, 5.74) is 0. The van der Waals surface area contributed by atoms with Crippen LogP contribution in [0.15, 0.2) is 12.7 Å². The maximum Gasteiger partial charge on any atom is 0.329 e. The number of hydrogen-bond donors (Lipinski definition) is 0. The molecule has 1 rings (SSSR count). The average molecular weight is 184 g/mol. The van der Waals surface area contributed by atoms with Gasteiger partial charge in [0.15, 0.2) is 0 Å². The van der Waals surface area contributed by atoms with E-state index in [4.69, 9.17) is 0 Å². The predicted molar refractivity (Wildman–Crippen MR) is 54.5 cm³/mol. The molecule has 0 unspecified atom stereocenters. The first-order valence-corrected chi connectivity index (χ1v) is 4.91. The SMILES string of the molecule is C=CC(=O)OC.CC1CCCCC1. The van der Waals surface area contributed by atoms with Gasteiger partial charge in [0.2, 0.25) is 0 Å². The van der Waals surface area contributed by atoms with Gasteiger partial charge in [-0.1, -0.05) is 45.6 Å². The van der Waals surface area contributed by atoms with Gasteiger partial charge in [0.25, 0.3) is 0 Å². The Morgan fingerprint density at radius 2 is 1.92 bits per heavy atom. The molecule has 0 spiro atoms. The molecule has 0 bridgehead atoms. The number of carbonyl (C=O) groups is 1. The van der Waals surface area contributed by atoms with Gasteiger partial charge in [0.05, 0.1) is 7.11 Å². The zero-order valence-corrected chi connectivity index (χ0v) is 8.71. The van der Waals surface area contributed by atoms with E-state index in [1.165, 1.54) is 39.2 Å². The summed E-state index contributed by atoms with van der Waals surface area (Å²) < 4.78 is 4.14. The first-order valence-electron chi connectivity index (χ1n) is 4.91. The molecule has 1 saturated carbocycles. The molecular formula is C11H20O2. The Balaban J connectivity index is 0.000000226. The standard InChI is InChI=1S/C7H14.C4H6O2/c1-7-5-3-2-4-6-7;1-3-4(5)6-2/h7H,2-6H2,1H3;3H,1H2,2H3. The van der Waals surface area contributed by atoms with Gasteiger partial charge in [-0.05, 0) is 5.92 Å². The highest BCUT2D eigenvalue weighted by molar-refractivity contribution is 5.80. The second-order valence-electron chi connectivity index (χ2n) is 3.47. The summed E-state index contributed by atoms with van der Waals surface area (Å²) in [6, 6.07) is 0. The zero-order valence-electron chi connectivity index (χ0n) is 8.71. The van der Waals surface area contributed by atoms with Crippen molar-refractivity contribution in [2.75, 3.05) is 7.11 Å². The van der Waals surface area contributed by atoms with Crippen LogP contribution in [-0.4, -0.2) is 13.1 Å². The third-order valence-electron chi connectivity index (χ3n) is 2.26. The summed E-state index contributed by atoms with van der Waals surface area (Å²) in [4.78, 5) is 9.84. The van der Waals surface area contributed by atoms with Crippen molar-refractivity contribution in [2.45, 2.75) is 39.0 Å². The van der Waals surface area contributed by atoms with Crippen LogP contribution in [-0.2, 0) is 9.53 Å². The number of rotatable bonds is 1. The zero-order chi connectivity index (χ0) is 10.1. The maximum absolute atomic E-state index is 9.84. The van der Waals surface area contributed by atoms with E-state index in [2.05, 4.69) is 18.2 Å². The quantitative estimate of drug-likeness (QED) is 0.462. The second kappa shape index (κ2) is 7.84. The summed E-state index contributed by atoms with van der Waals surface area (Å²) in [7, 11) is 1.31. The van der Waals surface area contributed by atoms with Gasteiger partial charge >= 0.3 is 5.97 Å². The molecule has 2 heteroatoms. The normalized spacial score (nSPS) is 16.8. The molecule has 0 amide bonds. The molecule has 1 aliphatic carbocycles. The van der Waals surface area contributed by atoms with Gasteiger partial charge in [-0.2, -0.15) is 0 Å². The number of ether oxygens (including phenoxy) is 1. The highest BCUT2D eigenvalue weighted by Crippen LogP contribution is 2.21. The molecule has 0 aromatic heterocycles. The van der Waals surface area contributed by atoms with Crippen LogP contribution in [0.4, 0.5) is 0 Å². The highest BCUT2D eigenvalue weighted by Gasteiger charge is 2.05. The van der Waals surface area contributed by atoms with Crippen LogP contribution >= 0.6 is 0 Å². The van der Waals surface area contributed by atoms with E-state index in [-0.39, 0.29) is 0 Å². The average Bonchev–Trinajstić information content (AvgIpc) is 2.19. The van der Waals surface area contributed by atoms with Gasteiger partial charge in [0, 0.05) is 6.08 Å². The third kappa shape index (κ3) is 7.57. The van der Waals surface area contributed by atoms with E-state index in [1.54, 1.807) is 0 Å². The predicted octanol–water partition coefficient (Wildman–Crippen LogP) is 2.93. The molecule has 1 fully saturated rings. The Morgan fingerprint density at radius 1 is 1.38 bits per heavy atom. The topological polar surface area (TPSA) is 26.3 Å². The van der Waals surface area contributed by atoms with E-state index in [9.17, 15) is 4.79 Å². The van der Waals surface area contributed by atoms with Crippen molar-refractivity contribution in [2.24, 2.45) is 5.92 Å². The van der Waals surface area contributed by atoms with Gasteiger partial charge < -0.3 is 4.74 Å². The lowest BCUT2D eigenvalue weighted by atomic mass is 9.91. The van der Waals surface area contributed by atoms with E-state index in [1.807, 2.05) is 0 Å². The fraction of sp³-hybridized carbons (Fsp3) is 0.727. The molecule has 0 atom stereocenters. The first-order chi connectivity index (χ1) is 6.20. The van der Waals surface area contributed by atoms with Crippen LogP contribution in [0, 0.1) is 5.92 Å². The fourth-order valence-corrected chi connectivity index (χ4v) is 1.39. The largest absolute Gasteiger partial charge is 0.466 e. The minimum atomic E-state index is -0.394. The first kappa shape index (κ1) is 12.2. The van der Waals surface area contributed by atoms with E-state index >= 15 is 0 Å². The molecule has 0 radical (unpaired) electrons. The minimum Gasteiger partial charge on any atom is -0.466 e. The molecule has 0 aromatic rings. The van der Waals surface area contributed by atoms with Crippen LogP contribution in [0.2, 0.25) is 0 Å². The van der Waals surface area contributed by atoms with Crippen LogP contribution in [0.25, 0.3) is 0 Å². The Kier molecular flexibility index (Phi) is 7.36. The van der Waals surface area contributed by atoms with Gasteiger partial charge in [-0.3, -0.25) is 0 Å². The molecule has 0 N–H and O–H groups in total. The van der Waals surface area contributed by atoms with Crippen molar-refractivity contribution in [3.05, 3.63) is 12.7 Å². The molecule has 0 saturated heterocycles. The molecule has 0 aliphatic heterocycles. The highest BCUT2D eigenvalue weighted by atomic mass is 16.5. The van der Waals surface area contributed by atoms with Crippen LogP contribution in [0.3, 0.4) is 0 Å². The molecular weight excluding hydrogens is 164 g/mol. The monoisotopic (exact) mass is 184 g/mol. The van der Waals surface area contributed by atoms with Gasteiger partial charge in [0.1, 0.15) is 0 Å². The summed E-state index contributed by atoms with van der Waals surface area (Å²) in [5.74, 6) is 0.642. The number of methoxy groups -OCH3 is 1. The number of carbonyl (C=O) groups excluding carboxylic acids is 1. The molecule has 76 valence electrons. The van der Waals surface area contributed by atoms with E-state index in [0.717, 1.165) is 12.0 Å². The molecule has 2 nitrogen and oxygen atoms in total.